The molecule has 2 rings (SSSR count). The molecular weight excluding hydrogens is 354 g/mol. The summed E-state index contributed by atoms with van der Waals surface area (Å²) in [5, 5.41) is 1.41. The van der Waals surface area contributed by atoms with Crippen molar-refractivity contribution in [2.45, 2.75) is 38.1 Å². The second-order valence-electron chi connectivity index (χ2n) is 5.31. The van der Waals surface area contributed by atoms with Crippen LogP contribution >= 0.6 is 27.5 Å². The van der Waals surface area contributed by atoms with Gasteiger partial charge < -0.3 is 9.64 Å². The monoisotopic (exact) mass is 373 g/mol. The van der Waals surface area contributed by atoms with Crippen LogP contribution in [0.5, 0.6) is 5.75 Å². The lowest BCUT2D eigenvalue weighted by molar-refractivity contribution is -0.136. The molecule has 0 atom stereocenters. The predicted octanol–water partition coefficient (Wildman–Crippen LogP) is 4.28. The first-order valence-corrected chi connectivity index (χ1v) is 8.94. The minimum absolute atomic E-state index is 0.0568. The molecule has 1 aliphatic rings. The van der Waals surface area contributed by atoms with E-state index in [1.807, 2.05) is 17.0 Å². The van der Waals surface area contributed by atoms with Gasteiger partial charge in [-0.1, -0.05) is 52.9 Å². The normalized spacial score (nSPS) is 15.7. The van der Waals surface area contributed by atoms with E-state index >= 15 is 0 Å². The molecule has 1 amide bonds. The number of nitrogens with zero attached hydrogens (tertiary/aromatic N) is 1. The standard InChI is InChI=1S/C16H21BrClNO2/c17-9-10-19(14-6-2-1-3-7-14)16(20)12-21-15-8-4-5-13(18)11-15/h4-5,8,11,14H,1-3,6-7,9-10,12H2. The Morgan fingerprint density at radius 1 is 1.33 bits per heavy atom. The van der Waals surface area contributed by atoms with Gasteiger partial charge >= 0.3 is 0 Å². The van der Waals surface area contributed by atoms with Crippen LogP contribution in [0.4, 0.5) is 0 Å². The molecule has 0 spiro atoms. The van der Waals surface area contributed by atoms with Crippen molar-refractivity contribution >= 4 is 33.4 Å². The minimum Gasteiger partial charge on any atom is -0.484 e. The van der Waals surface area contributed by atoms with Gasteiger partial charge in [0.2, 0.25) is 0 Å². The van der Waals surface area contributed by atoms with Crippen LogP contribution < -0.4 is 4.74 Å². The Hall–Kier alpha value is -0.740. The highest BCUT2D eigenvalue weighted by Crippen LogP contribution is 2.23. The quantitative estimate of drug-likeness (QED) is 0.696. The van der Waals surface area contributed by atoms with Crippen LogP contribution in [-0.2, 0) is 4.79 Å². The Morgan fingerprint density at radius 3 is 2.76 bits per heavy atom. The van der Waals surface area contributed by atoms with E-state index in [9.17, 15) is 4.79 Å². The van der Waals surface area contributed by atoms with Gasteiger partial charge in [0.15, 0.2) is 6.61 Å². The maximum absolute atomic E-state index is 12.4. The summed E-state index contributed by atoms with van der Waals surface area (Å²) in [5.41, 5.74) is 0. The highest BCUT2D eigenvalue weighted by molar-refractivity contribution is 9.09. The summed E-state index contributed by atoms with van der Waals surface area (Å²) in [7, 11) is 0. The van der Waals surface area contributed by atoms with E-state index in [4.69, 9.17) is 16.3 Å². The fourth-order valence-electron chi connectivity index (χ4n) is 2.78. The van der Waals surface area contributed by atoms with Crippen LogP contribution in [0.15, 0.2) is 24.3 Å². The highest BCUT2D eigenvalue weighted by atomic mass is 79.9. The van der Waals surface area contributed by atoms with E-state index in [0.717, 1.165) is 24.7 Å². The van der Waals surface area contributed by atoms with E-state index in [-0.39, 0.29) is 12.5 Å². The Kier molecular flexibility index (Phi) is 6.84. The smallest absolute Gasteiger partial charge is 0.260 e. The fraction of sp³-hybridized carbons (Fsp3) is 0.562. The number of carbonyl (C=O) groups is 1. The summed E-state index contributed by atoms with van der Waals surface area (Å²) in [6, 6.07) is 7.51. The molecule has 0 radical (unpaired) electrons. The van der Waals surface area contributed by atoms with Crippen molar-refractivity contribution < 1.29 is 9.53 Å². The number of hydrogen-bond acceptors (Lipinski definition) is 2. The first kappa shape index (κ1) is 16.6. The zero-order valence-corrected chi connectivity index (χ0v) is 14.4. The second-order valence-corrected chi connectivity index (χ2v) is 6.54. The van der Waals surface area contributed by atoms with Gasteiger partial charge in [0.05, 0.1) is 0 Å². The zero-order valence-electron chi connectivity index (χ0n) is 12.1. The number of rotatable bonds is 6. The molecule has 116 valence electrons. The molecule has 1 saturated carbocycles. The summed E-state index contributed by atoms with van der Waals surface area (Å²) in [6.07, 6.45) is 5.93. The summed E-state index contributed by atoms with van der Waals surface area (Å²) in [5.74, 6) is 0.694. The van der Waals surface area contributed by atoms with Crippen LogP contribution in [0.25, 0.3) is 0 Å². The molecule has 0 bridgehead atoms. The van der Waals surface area contributed by atoms with Gasteiger partial charge in [-0.15, -0.1) is 0 Å². The Balaban J connectivity index is 1.91. The first-order chi connectivity index (χ1) is 10.2. The number of ether oxygens (including phenoxy) is 1. The Bertz CT molecular complexity index is 463. The van der Waals surface area contributed by atoms with E-state index in [2.05, 4.69) is 15.9 Å². The molecule has 0 aromatic heterocycles. The van der Waals surface area contributed by atoms with Crippen LogP contribution in [-0.4, -0.2) is 35.3 Å². The summed E-state index contributed by atoms with van der Waals surface area (Å²) in [6.45, 7) is 0.812. The van der Waals surface area contributed by atoms with Crippen molar-refractivity contribution in [3.8, 4) is 5.75 Å². The van der Waals surface area contributed by atoms with E-state index in [1.165, 1.54) is 19.3 Å². The number of carbonyl (C=O) groups excluding carboxylic acids is 1. The van der Waals surface area contributed by atoms with Gasteiger partial charge in [0, 0.05) is 22.9 Å². The predicted molar refractivity (Wildman–Crippen MR) is 89.3 cm³/mol. The molecule has 1 aromatic carbocycles. The van der Waals surface area contributed by atoms with Crippen LogP contribution in [0.1, 0.15) is 32.1 Å². The van der Waals surface area contributed by atoms with Crippen LogP contribution in [0.2, 0.25) is 5.02 Å². The van der Waals surface area contributed by atoms with Gasteiger partial charge in [-0.3, -0.25) is 4.79 Å². The van der Waals surface area contributed by atoms with Crippen LogP contribution in [0, 0.1) is 0 Å². The van der Waals surface area contributed by atoms with Crippen LogP contribution in [0.3, 0.4) is 0 Å². The van der Waals surface area contributed by atoms with Crippen molar-refractivity contribution in [2.75, 3.05) is 18.5 Å². The Labute approximate surface area is 139 Å². The largest absolute Gasteiger partial charge is 0.484 e. The molecule has 1 aliphatic carbocycles. The molecule has 0 saturated heterocycles. The lowest BCUT2D eigenvalue weighted by Gasteiger charge is -2.34. The van der Waals surface area contributed by atoms with Gasteiger partial charge in [-0.2, -0.15) is 0 Å². The second kappa shape index (κ2) is 8.64. The molecular formula is C16H21BrClNO2. The number of hydrogen-bond donors (Lipinski definition) is 0. The van der Waals surface area contributed by atoms with Crippen molar-refractivity contribution in [1.29, 1.82) is 0 Å². The highest BCUT2D eigenvalue weighted by Gasteiger charge is 2.25. The lowest BCUT2D eigenvalue weighted by Crippen LogP contribution is -2.44. The number of amides is 1. The van der Waals surface area contributed by atoms with Gasteiger partial charge in [-0.05, 0) is 31.0 Å². The molecule has 21 heavy (non-hydrogen) atoms. The summed E-state index contributed by atoms with van der Waals surface area (Å²) < 4.78 is 5.58. The first-order valence-electron chi connectivity index (χ1n) is 7.44. The third-order valence-electron chi connectivity index (χ3n) is 3.82. The molecule has 0 unspecified atom stereocenters. The van der Waals surface area contributed by atoms with E-state index in [1.54, 1.807) is 12.1 Å². The average molecular weight is 375 g/mol. The number of alkyl halides is 1. The topological polar surface area (TPSA) is 29.5 Å². The molecule has 1 aromatic rings. The van der Waals surface area contributed by atoms with Crippen molar-refractivity contribution in [3.05, 3.63) is 29.3 Å². The van der Waals surface area contributed by atoms with Crippen molar-refractivity contribution in [3.63, 3.8) is 0 Å². The van der Waals surface area contributed by atoms with Crippen molar-refractivity contribution in [2.24, 2.45) is 0 Å². The minimum atomic E-state index is 0.0568. The summed E-state index contributed by atoms with van der Waals surface area (Å²) >= 11 is 9.35. The maximum Gasteiger partial charge on any atom is 0.260 e. The SMILES string of the molecule is O=C(COc1cccc(Cl)c1)N(CCBr)C1CCCCC1. The van der Waals surface area contributed by atoms with Gasteiger partial charge in [0.25, 0.3) is 5.91 Å². The van der Waals surface area contributed by atoms with E-state index in [0.29, 0.717) is 16.8 Å². The van der Waals surface area contributed by atoms with Gasteiger partial charge in [-0.25, -0.2) is 0 Å². The van der Waals surface area contributed by atoms with Crippen molar-refractivity contribution in [1.82, 2.24) is 4.90 Å². The maximum atomic E-state index is 12.4. The summed E-state index contributed by atoms with van der Waals surface area (Å²) in [4.78, 5) is 14.4. The molecule has 0 aliphatic heterocycles. The lowest BCUT2D eigenvalue weighted by atomic mass is 9.94. The molecule has 0 heterocycles. The van der Waals surface area contributed by atoms with E-state index < -0.39 is 0 Å². The zero-order chi connectivity index (χ0) is 15.1. The third-order valence-corrected chi connectivity index (χ3v) is 4.41. The number of halogens is 2. The molecule has 0 N–H and O–H groups in total. The molecule has 1 fully saturated rings. The fourth-order valence-corrected chi connectivity index (χ4v) is 3.34. The third kappa shape index (κ3) is 5.19. The Morgan fingerprint density at radius 2 is 2.10 bits per heavy atom. The number of benzene rings is 1. The van der Waals surface area contributed by atoms with Gasteiger partial charge in [0.1, 0.15) is 5.75 Å². The molecule has 3 nitrogen and oxygen atoms in total. The molecule has 5 heteroatoms. The average Bonchev–Trinajstić information content (AvgIpc) is 2.51.